The number of para-hydroxylation sites is 1. The van der Waals surface area contributed by atoms with E-state index in [4.69, 9.17) is 0 Å². The molecule has 0 aliphatic heterocycles. The van der Waals surface area contributed by atoms with Gasteiger partial charge in [0.25, 0.3) is 5.56 Å². The van der Waals surface area contributed by atoms with E-state index in [0.717, 1.165) is 6.42 Å². The van der Waals surface area contributed by atoms with Crippen molar-refractivity contribution in [1.82, 2.24) is 19.2 Å². The highest BCUT2D eigenvalue weighted by molar-refractivity contribution is 7.99. The molecule has 0 radical (unpaired) electrons. The number of hydrogen-bond donors (Lipinski definition) is 0. The van der Waals surface area contributed by atoms with Gasteiger partial charge in [0.1, 0.15) is 11.6 Å². The SMILES string of the molecule is CCCn1c(=O)c2ccccc2n2c(SC(C)c3c(F)cccc3F)nnc12. The molecule has 2 aromatic heterocycles. The molecule has 0 spiro atoms. The summed E-state index contributed by atoms with van der Waals surface area (Å²) < 4.78 is 31.7. The Labute approximate surface area is 164 Å². The second-order valence-electron chi connectivity index (χ2n) is 6.49. The Balaban J connectivity index is 1.90. The molecule has 0 saturated heterocycles. The van der Waals surface area contributed by atoms with Gasteiger partial charge < -0.3 is 0 Å². The molecule has 0 aliphatic rings. The Bertz CT molecular complexity index is 1210. The number of nitrogens with zero attached hydrogens (tertiary/aromatic N) is 4. The van der Waals surface area contributed by atoms with Crippen molar-refractivity contribution in [3.05, 3.63) is 70.0 Å². The maximum Gasteiger partial charge on any atom is 0.262 e. The van der Waals surface area contributed by atoms with E-state index >= 15 is 0 Å². The van der Waals surface area contributed by atoms with Gasteiger partial charge in [0.05, 0.1) is 10.9 Å². The Hall–Kier alpha value is -2.74. The minimum Gasteiger partial charge on any atom is -0.276 e. The molecule has 8 heteroatoms. The molecule has 0 saturated carbocycles. The highest BCUT2D eigenvalue weighted by Crippen LogP contribution is 2.37. The number of benzene rings is 2. The van der Waals surface area contributed by atoms with Crippen LogP contribution in [0.5, 0.6) is 0 Å². The zero-order valence-corrected chi connectivity index (χ0v) is 16.2. The normalized spacial score (nSPS) is 12.7. The molecule has 0 fully saturated rings. The lowest BCUT2D eigenvalue weighted by Gasteiger charge is -2.14. The molecule has 0 bridgehead atoms. The van der Waals surface area contributed by atoms with Gasteiger partial charge in [-0.15, -0.1) is 10.2 Å². The van der Waals surface area contributed by atoms with E-state index in [0.29, 0.717) is 28.4 Å². The molecule has 2 heterocycles. The molecule has 1 unspecified atom stereocenters. The van der Waals surface area contributed by atoms with Crippen molar-refractivity contribution in [2.75, 3.05) is 0 Å². The van der Waals surface area contributed by atoms with Crippen molar-refractivity contribution in [2.24, 2.45) is 0 Å². The summed E-state index contributed by atoms with van der Waals surface area (Å²) >= 11 is 1.20. The molecule has 0 aliphatic carbocycles. The first kappa shape index (κ1) is 18.6. The maximum absolute atomic E-state index is 14.2. The van der Waals surface area contributed by atoms with Crippen LogP contribution in [0.1, 0.15) is 31.1 Å². The molecule has 1 atom stereocenters. The first-order chi connectivity index (χ1) is 13.5. The van der Waals surface area contributed by atoms with E-state index in [1.54, 1.807) is 28.0 Å². The summed E-state index contributed by atoms with van der Waals surface area (Å²) in [6.07, 6.45) is 0.764. The number of thioether (sulfide) groups is 1. The maximum atomic E-state index is 14.2. The highest BCUT2D eigenvalue weighted by Gasteiger charge is 2.22. The molecular formula is C20H18F2N4OS. The standard InChI is InChI=1S/C20H18F2N4OS/c1-3-11-25-18(27)13-7-4-5-10-16(13)26-19(25)23-24-20(26)28-12(2)17-14(21)8-6-9-15(17)22/h4-10,12H,3,11H2,1-2H3. The van der Waals surface area contributed by atoms with Crippen LogP contribution in [0.3, 0.4) is 0 Å². The molecule has 4 aromatic rings. The number of hydrogen-bond acceptors (Lipinski definition) is 4. The van der Waals surface area contributed by atoms with Gasteiger partial charge in [-0.05, 0) is 37.6 Å². The van der Waals surface area contributed by atoms with Crippen LogP contribution in [-0.2, 0) is 6.54 Å². The summed E-state index contributed by atoms with van der Waals surface area (Å²) in [6.45, 7) is 4.21. The lowest BCUT2D eigenvalue weighted by Crippen LogP contribution is -2.23. The largest absolute Gasteiger partial charge is 0.276 e. The molecule has 4 rings (SSSR count). The van der Waals surface area contributed by atoms with Crippen molar-refractivity contribution in [3.63, 3.8) is 0 Å². The van der Waals surface area contributed by atoms with E-state index in [1.165, 1.54) is 30.0 Å². The minimum absolute atomic E-state index is 0.00423. The molecule has 144 valence electrons. The van der Waals surface area contributed by atoms with Gasteiger partial charge in [0.2, 0.25) is 5.78 Å². The van der Waals surface area contributed by atoms with Gasteiger partial charge in [-0.1, -0.05) is 36.9 Å². The van der Waals surface area contributed by atoms with Crippen LogP contribution in [0.2, 0.25) is 0 Å². The summed E-state index contributed by atoms with van der Waals surface area (Å²) in [5.74, 6) is -0.766. The third-order valence-electron chi connectivity index (χ3n) is 4.61. The Kier molecular flexibility index (Phi) is 4.89. The predicted octanol–water partition coefficient (Wildman–Crippen LogP) is 4.59. The van der Waals surface area contributed by atoms with E-state index in [2.05, 4.69) is 10.2 Å². The van der Waals surface area contributed by atoms with Crippen molar-refractivity contribution in [2.45, 2.75) is 37.2 Å². The summed E-state index contributed by atoms with van der Waals surface area (Å²) in [5, 5.41) is 8.93. The molecule has 0 amide bonds. The highest BCUT2D eigenvalue weighted by atomic mass is 32.2. The first-order valence-electron chi connectivity index (χ1n) is 9.00. The molecule has 28 heavy (non-hydrogen) atoms. The monoisotopic (exact) mass is 400 g/mol. The fourth-order valence-corrected chi connectivity index (χ4v) is 4.38. The van der Waals surface area contributed by atoms with Gasteiger partial charge >= 0.3 is 0 Å². The number of rotatable bonds is 5. The second kappa shape index (κ2) is 7.35. The zero-order chi connectivity index (χ0) is 19.8. The fraction of sp³-hybridized carbons (Fsp3) is 0.250. The Morgan fingerprint density at radius 1 is 1.07 bits per heavy atom. The third kappa shape index (κ3) is 2.97. The van der Waals surface area contributed by atoms with E-state index < -0.39 is 16.9 Å². The lowest BCUT2D eigenvalue weighted by atomic mass is 10.1. The summed E-state index contributed by atoms with van der Waals surface area (Å²) in [5.41, 5.74) is 0.543. The summed E-state index contributed by atoms with van der Waals surface area (Å²) in [7, 11) is 0. The molecule has 0 N–H and O–H groups in total. The van der Waals surface area contributed by atoms with Crippen molar-refractivity contribution >= 4 is 28.4 Å². The summed E-state index contributed by atoms with van der Waals surface area (Å²) in [6, 6.07) is 11.0. The van der Waals surface area contributed by atoms with Gasteiger partial charge in [-0.25, -0.2) is 8.78 Å². The van der Waals surface area contributed by atoms with Crippen molar-refractivity contribution < 1.29 is 8.78 Å². The summed E-state index contributed by atoms with van der Waals surface area (Å²) in [4.78, 5) is 12.9. The van der Waals surface area contributed by atoms with Crippen LogP contribution in [0.4, 0.5) is 8.78 Å². The van der Waals surface area contributed by atoms with Gasteiger partial charge in [-0.3, -0.25) is 13.8 Å². The first-order valence-corrected chi connectivity index (χ1v) is 9.88. The second-order valence-corrected chi connectivity index (χ2v) is 7.80. The van der Waals surface area contributed by atoms with Gasteiger partial charge in [-0.2, -0.15) is 0 Å². The molecule has 5 nitrogen and oxygen atoms in total. The molecular weight excluding hydrogens is 382 g/mol. The smallest absolute Gasteiger partial charge is 0.262 e. The van der Waals surface area contributed by atoms with Crippen LogP contribution in [0.15, 0.2) is 52.4 Å². The van der Waals surface area contributed by atoms with Crippen LogP contribution < -0.4 is 5.56 Å². The van der Waals surface area contributed by atoms with Gasteiger partial charge in [0, 0.05) is 17.4 Å². The third-order valence-corrected chi connectivity index (χ3v) is 5.68. The zero-order valence-electron chi connectivity index (χ0n) is 15.4. The van der Waals surface area contributed by atoms with Crippen LogP contribution in [-0.4, -0.2) is 19.2 Å². The van der Waals surface area contributed by atoms with E-state index in [9.17, 15) is 13.6 Å². The van der Waals surface area contributed by atoms with Gasteiger partial charge in [0.15, 0.2) is 5.16 Å². The van der Waals surface area contributed by atoms with E-state index in [-0.39, 0.29) is 11.1 Å². The van der Waals surface area contributed by atoms with Crippen LogP contribution in [0.25, 0.3) is 16.7 Å². The topological polar surface area (TPSA) is 52.2 Å². The Morgan fingerprint density at radius 3 is 2.50 bits per heavy atom. The van der Waals surface area contributed by atoms with Crippen molar-refractivity contribution in [1.29, 1.82) is 0 Å². The quantitative estimate of drug-likeness (QED) is 0.460. The minimum atomic E-state index is -0.596. The fourth-order valence-electron chi connectivity index (χ4n) is 3.35. The average Bonchev–Trinajstić information content (AvgIpc) is 3.08. The number of fused-ring (bicyclic) bond motifs is 3. The number of aryl methyl sites for hydroxylation is 1. The van der Waals surface area contributed by atoms with Crippen LogP contribution in [0, 0.1) is 11.6 Å². The van der Waals surface area contributed by atoms with Crippen molar-refractivity contribution in [3.8, 4) is 0 Å². The van der Waals surface area contributed by atoms with E-state index in [1.807, 2.05) is 19.1 Å². The van der Waals surface area contributed by atoms with Crippen LogP contribution >= 0.6 is 11.8 Å². The Morgan fingerprint density at radius 2 is 1.79 bits per heavy atom. The predicted molar refractivity (Wildman–Crippen MR) is 106 cm³/mol. The molecule has 2 aromatic carbocycles. The average molecular weight is 400 g/mol. The number of halogens is 2. The number of aromatic nitrogens is 4. The lowest BCUT2D eigenvalue weighted by molar-refractivity contribution is 0.557.